The van der Waals surface area contributed by atoms with E-state index in [1.165, 1.54) is 30.8 Å². The molecule has 22 heavy (non-hydrogen) atoms. The third-order valence-electron chi connectivity index (χ3n) is 3.87. The summed E-state index contributed by atoms with van der Waals surface area (Å²) < 4.78 is 0. The predicted molar refractivity (Wildman–Crippen MR) is 91.5 cm³/mol. The monoisotopic (exact) mass is 315 g/mol. The van der Waals surface area contributed by atoms with Gasteiger partial charge in [0.1, 0.15) is 0 Å². The van der Waals surface area contributed by atoms with Crippen LogP contribution in [0.2, 0.25) is 6.32 Å². The van der Waals surface area contributed by atoms with Crippen molar-refractivity contribution in [2.45, 2.75) is 57.3 Å². The van der Waals surface area contributed by atoms with Gasteiger partial charge in [-0.05, 0) is 58.6 Å². The van der Waals surface area contributed by atoms with E-state index in [0.29, 0.717) is 6.32 Å². The van der Waals surface area contributed by atoms with E-state index in [1.54, 1.807) is 14.1 Å². The first-order chi connectivity index (χ1) is 10.3. The summed E-state index contributed by atoms with van der Waals surface area (Å²) in [6, 6.07) is 0. The van der Waals surface area contributed by atoms with Crippen LogP contribution in [0.25, 0.3) is 0 Å². The number of unbranched alkanes of at least 4 members (excludes halogenated alkanes) is 1. The van der Waals surface area contributed by atoms with Crippen molar-refractivity contribution in [3.05, 3.63) is 0 Å². The molecular weight excluding hydrogens is 281 g/mol. The number of carbonyl (C=O) groups excluding carboxylic acids is 1. The van der Waals surface area contributed by atoms with Gasteiger partial charge in [-0.1, -0.05) is 12.8 Å². The largest absolute Gasteiger partial charge is 0.451 e. The molecule has 130 valence electrons. The van der Waals surface area contributed by atoms with E-state index in [0.717, 1.165) is 38.6 Å². The molecule has 1 saturated heterocycles. The summed E-state index contributed by atoms with van der Waals surface area (Å²) in [5, 5.41) is 17.5. The van der Waals surface area contributed by atoms with Gasteiger partial charge in [0.15, 0.2) is 0 Å². The lowest BCUT2D eigenvalue weighted by Gasteiger charge is -2.27. The highest BCUT2D eigenvalue weighted by atomic mass is 16.4. The lowest BCUT2D eigenvalue weighted by atomic mass is 9.82. The Morgan fingerprint density at radius 1 is 1.23 bits per heavy atom. The molecule has 1 aliphatic heterocycles. The van der Waals surface area contributed by atoms with Gasteiger partial charge < -0.3 is 25.6 Å². The summed E-state index contributed by atoms with van der Waals surface area (Å²) in [6.45, 7) is 5.67. The van der Waals surface area contributed by atoms with Crippen LogP contribution in [0.5, 0.6) is 0 Å². The summed E-state index contributed by atoms with van der Waals surface area (Å²) in [6.07, 6.45) is 7.69. The van der Waals surface area contributed by atoms with E-state index in [4.69, 9.17) is 15.8 Å². The van der Waals surface area contributed by atoms with Crippen molar-refractivity contribution >= 4 is 13.5 Å². The van der Waals surface area contributed by atoms with Crippen LogP contribution in [0.4, 0.5) is 0 Å². The van der Waals surface area contributed by atoms with Crippen LogP contribution in [0.1, 0.15) is 45.4 Å². The summed E-state index contributed by atoms with van der Waals surface area (Å²) in [5.74, 6) is 0. The minimum absolute atomic E-state index is 0.108. The van der Waals surface area contributed by atoms with E-state index >= 15 is 0 Å². The van der Waals surface area contributed by atoms with E-state index in [1.807, 2.05) is 0 Å². The topological polar surface area (TPSA) is 90.0 Å². The molecule has 6 nitrogen and oxygen atoms in total. The summed E-state index contributed by atoms with van der Waals surface area (Å²) in [4.78, 5) is 13.4. The maximum atomic E-state index is 9.43. The Hall–Kier alpha value is -0.625. The lowest BCUT2D eigenvalue weighted by Crippen LogP contribution is -2.39. The van der Waals surface area contributed by atoms with Crippen molar-refractivity contribution in [1.29, 1.82) is 0 Å². The molecule has 0 aliphatic carbocycles. The van der Waals surface area contributed by atoms with Crippen molar-refractivity contribution in [2.75, 3.05) is 33.7 Å². The van der Waals surface area contributed by atoms with Gasteiger partial charge in [-0.2, -0.15) is 0 Å². The molecule has 0 saturated carbocycles. The van der Waals surface area contributed by atoms with E-state index < -0.39 is 7.12 Å². The SMILES string of the molecule is CC(N)(CCCCB(O)O)CCN1CCCC1.CN(C)C=O. The molecule has 0 radical (unpaired) electrons. The number of likely N-dealkylation sites (tertiary alicyclic amines) is 1. The molecule has 1 amide bonds. The van der Waals surface area contributed by atoms with E-state index in [2.05, 4.69) is 11.8 Å². The van der Waals surface area contributed by atoms with Crippen molar-refractivity contribution in [2.24, 2.45) is 5.73 Å². The van der Waals surface area contributed by atoms with Gasteiger partial charge in [-0.25, -0.2) is 0 Å². The van der Waals surface area contributed by atoms with Gasteiger partial charge in [0.05, 0.1) is 0 Å². The zero-order chi connectivity index (χ0) is 17.0. The highest BCUT2D eigenvalue weighted by Crippen LogP contribution is 2.18. The molecule has 1 rings (SSSR count). The molecule has 4 N–H and O–H groups in total. The molecular formula is C15H34BN3O3. The van der Waals surface area contributed by atoms with Crippen LogP contribution in [0.3, 0.4) is 0 Å². The fourth-order valence-corrected chi connectivity index (χ4v) is 2.40. The highest BCUT2D eigenvalue weighted by Gasteiger charge is 2.21. The Labute approximate surface area is 135 Å². The summed E-state index contributed by atoms with van der Waals surface area (Å²) >= 11 is 0. The van der Waals surface area contributed by atoms with Crippen LogP contribution in [-0.4, -0.2) is 72.6 Å². The molecule has 0 spiro atoms. The number of hydrogen-bond acceptors (Lipinski definition) is 5. The maximum Gasteiger partial charge on any atom is 0.451 e. The van der Waals surface area contributed by atoms with Gasteiger partial charge in [0, 0.05) is 19.6 Å². The molecule has 7 heteroatoms. The fourth-order valence-electron chi connectivity index (χ4n) is 2.40. The van der Waals surface area contributed by atoms with Crippen molar-refractivity contribution in [3.63, 3.8) is 0 Å². The number of hydrogen-bond donors (Lipinski definition) is 3. The molecule has 0 bridgehead atoms. The zero-order valence-electron chi connectivity index (χ0n) is 14.5. The Balaban J connectivity index is 0.000000763. The second-order valence-electron chi connectivity index (χ2n) is 6.75. The van der Waals surface area contributed by atoms with Gasteiger partial charge in [0.25, 0.3) is 0 Å². The number of nitrogens with two attached hydrogens (primary N) is 1. The third-order valence-corrected chi connectivity index (χ3v) is 3.87. The third kappa shape index (κ3) is 13.1. The molecule has 1 aliphatic rings. The van der Waals surface area contributed by atoms with Crippen molar-refractivity contribution in [1.82, 2.24) is 9.80 Å². The average Bonchev–Trinajstić information content (AvgIpc) is 2.95. The number of amides is 1. The molecule has 1 heterocycles. The lowest BCUT2D eigenvalue weighted by molar-refractivity contribution is -0.115. The van der Waals surface area contributed by atoms with Gasteiger partial charge in [-0.3, -0.25) is 4.79 Å². The van der Waals surface area contributed by atoms with Crippen molar-refractivity contribution < 1.29 is 14.8 Å². The fraction of sp³-hybridized carbons (Fsp3) is 0.933. The van der Waals surface area contributed by atoms with Gasteiger partial charge in [0.2, 0.25) is 6.41 Å². The molecule has 0 aromatic carbocycles. The van der Waals surface area contributed by atoms with E-state index in [-0.39, 0.29) is 5.54 Å². The molecule has 1 unspecified atom stereocenters. The van der Waals surface area contributed by atoms with Crippen LogP contribution in [0, 0.1) is 0 Å². The molecule has 0 aromatic rings. The van der Waals surface area contributed by atoms with Crippen LogP contribution >= 0.6 is 0 Å². The summed E-state index contributed by atoms with van der Waals surface area (Å²) in [5.41, 5.74) is 6.15. The van der Waals surface area contributed by atoms with Crippen LogP contribution < -0.4 is 5.73 Å². The minimum Gasteiger partial charge on any atom is -0.427 e. The first-order valence-corrected chi connectivity index (χ1v) is 8.26. The average molecular weight is 315 g/mol. The van der Waals surface area contributed by atoms with Crippen LogP contribution in [0.15, 0.2) is 0 Å². The van der Waals surface area contributed by atoms with Crippen molar-refractivity contribution in [3.8, 4) is 0 Å². The normalized spacial score (nSPS) is 17.4. The predicted octanol–water partition coefficient (Wildman–Crippen LogP) is 0.537. The van der Waals surface area contributed by atoms with Gasteiger partial charge in [-0.15, -0.1) is 0 Å². The molecule has 1 fully saturated rings. The molecule has 0 aromatic heterocycles. The molecule has 1 atom stereocenters. The second kappa shape index (κ2) is 11.9. The Bertz CT molecular complexity index is 283. The maximum absolute atomic E-state index is 9.43. The Kier molecular flexibility index (Phi) is 11.5. The second-order valence-corrected chi connectivity index (χ2v) is 6.75. The van der Waals surface area contributed by atoms with Crippen LogP contribution in [-0.2, 0) is 4.79 Å². The first-order valence-electron chi connectivity index (χ1n) is 8.26. The summed E-state index contributed by atoms with van der Waals surface area (Å²) in [7, 11) is 2.21. The Morgan fingerprint density at radius 2 is 1.77 bits per heavy atom. The number of carbonyl (C=O) groups is 1. The Morgan fingerprint density at radius 3 is 2.23 bits per heavy atom. The number of rotatable bonds is 9. The quantitative estimate of drug-likeness (QED) is 0.328. The number of nitrogens with zero attached hydrogens (tertiary/aromatic N) is 2. The zero-order valence-corrected chi connectivity index (χ0v) is 14.5. The smallest absolute Gasteiger partial charge is 0.427 e. The standard InChI is InChI=1S/C12H27BN2O2.C3H7NO/c1-12(14,6-2-3-8-13(16)17)7-11-15-9-4-5-10-15;1-4(2)3-5/h16-17H,2-11,14H2,1H3;3H,1-2H3. The first kappa shape index (κ1) is 21.4. The van der Waals surface area contributed by atoms with E-state index in [9.17, 15) is 4.79 Å². The highest BCUT2D eigenvalue weighted by molar-refractivity contribution is 6.40. The minimum atomic E-state index is -1.16. The van der Waals surface area contributed by atoms with Gasteiger partial charge >= 0.3 is 7.12 Å².